The lowest BCUT2D eigenvalue weighted by Gasteiger charge is -2.40. The number of ether oxygens (including phenoxy) is 1. The summed E-state index contributed by atoms with van der Waals surface area (Å²) in [5, 5.41) is 2.68. The van der Waals surface area contributed by atoms with Crippen molar-refractivity contribution in [1.82, 2.24) is 15.2 Å². The molecule has 0 aromatic carbocycles. The summed E-state index contributed by atoms with van der Waals surface area (Å²) in [6.07, 6.45) is -4.56. The van der Waals surface area contributed by atoms with Crippen LogP contribution < -0.4 is 10.1 Å². The average molecular weight is 359 g/mol. The summed E-state index contributed by atoms with van der Waals surface area (Å²) in [7, 11) is 1.46. The molecule has 0 bridgehead atoms. The summed E-state index contributed by atoms with van der Waals surface area (Å²) in [4.78, 5) is 28.5. The molecule has 25 heavy (non-hydrogen) atoms. The number of alkyl halides is 3. The van der Waals surface area contributed by atoms with Crippen LogP contribution in [-0.4, -0.2) is 53.6 Å². The summed E-state index contributed by atoms with van der Waals surface area (Å²) in [6, 6.07) is 2.69. The Labute approximate surface area is 143 Å². The second-order valence-electron chi connectivity index (χ2n) is 5.92. The van der Waals surface area contributed by atoms with Crippen LogP contribution in [0.3, 0.4) is 0 Å². The van der Waals surface area contributed by atoms with Gasteiger partial charge in [0.25, 0.3) is 0 Å². The number of piperidine rings is 1. The Morgan fingerprint density at radius 3 is 2.68 bits per heavy atom. The molecule has 1 aliphatic rings. The third kappa shape index (κ3) is 5.07. The van der Waals surface area contributed by atoms with Gasteiger partial charge in [-0.05, 0) is 18.9 Å². The smallest absolute Gasteiger partial charge is 0.408 e. The Kier molecular flexibility index (Phi) is 5.86. The molecule has 0 radical (unpaired) electrons. The maximum Gasteiger partial charge on any atom is 0.408 e. The van der Waals surface area contributed by atoms with E-state index in [0.717, 1.165) is 11.8 Å². The minimum absolute atomic E-state index is 0.0174. The number of hydrogen-bond acceptors (Lipinski definition) is 4. The fraction of sp³-hybridized carbons (Fsp3) is 0.562. The Bertz CT molecular complexity index is 637. The van der Waals surface area contributed by atoms with E-state index in [1.807, 2.05) is 0 Å². The van der Waals surface area contributed by atoms with Crippen LogP contribution >= 0.6 is 0 Å². The Hall–Kier alpha value is -2.32. The molecule has 9 heteroatoms. The summed E-state index contributed by atoms with van der Waals surface area (Å²) < 4.78 is 44.0. The van der Waals surface area contributed by atoms with Gasteiger partial charge in [-0.1, -0.05) is 6.07 Å². The second kappa shape index (κ2) is 7.71. The van der Waals surface area contributed by atoms with Crippen LogP contribution in [0.2, 0.25) is 0 Å². The molecule has 1 saturated heterocycles. The van der Waals surface area contributed by atoms with Crippen LogP contribution in [0.15, 0.2) is 18.2 Å². The Morgan fingerprint density at radius 1 is 1.36 bits per heavy atom. The van der Waals surface area contributed by atoms with Crippen LogP contribution in [0.25, 0.3) is 0 Å². The maximum absolute atomic E-state index is 13.0. The van der Waals surface area contributed by atoms with Gasteiger partial charge in [0, 0.05) is 25.6 Å². The van der Waals surface area contributed by atoms with Crippen molar-refractivity contribution in [1.29, 1.82) is 0 Å². The molecule has 2 unspecified atom stereocenters. The minimum Gasteiger partial charge on any atom is -0.481 e. The number of rotatable bonds is 4. The zero-order chi connectivity index (χ0) is 18.6. The number of halogens is 3. The van der Waals surface area contributed by atoms with Crippen molar-refractivity contribution in [2.75, 3.05) is 13.7 Å². The van der Waals surface area contributed by atoms with Crippen molar-refractivity contribution >= 4 is 11.8 Å². The first-order valence-corrected chi connectivity index (χ1v) is 7.84. The number of hydrogen-bond donors (Lipinski definition) is 1. The summed E-state index contributed by atoms with van der Waals surface area (Å²) in [6.45, 7) is 0.944. The average Bonchev–Trinajstić information content (AvgIpc) is 2.53. The Morgan fingerprint density at radius 2 is 2.08 bits per heavy atom. The number of aromatic nitrogens is 1. The van der Waals surface area contributed by atoms with Gasteiger partial charge >= 0.3 is 6.18 Å². The molecule has 0 saturated carbocycles. The first kappa shape index (κ1) is 19.0. The highest BCUT2D eigenvalue weighted by Crippen LogP contribution is 2.32. The predicted molar refractivity (Wildman–Crippen MR) is 82.9 cm³/mol. The van der Waals surface area contributed by atoms with Gasteiger partial charge in [-0.15, -0.1) is 0 Å². The second-order valence-corrected chi connectivity index (χ2v) is 5.92. The lowest BCUT2D eigenvalue weighted by molar-refractivity contribution is -0.196. The van der Waals surface area contributed by atoms with Crippen molar-refractivity contribution in [3.05, 3.63) is 23.9 Å². The quantitative estimate of drug-likeness (QED) is 0.888. The van der Waals surface area contributed by atoms with Crippen molar-refractivity contribution in [3.63, 3.8) is 0 Å². The van der Waals surface area contributed by atoms with Gasteiger partial charge in [0.2, 0.25) is 17.7 Å². The molecule has 138 valence electrons. The molecule has 2 rings (SSSR count). The lowest BCUT2D eigenvalue weighted by atomic mass is 9.97. The van der Waals surface area contributed by atoms with E-state index in [2.05, 4.69) is 10.3 Å². The van der Waals surface area contributed by atoms with Crippen LogP contribution in [-0.2, 0) is 16.0 Å². The van der Waals surface area contributed by atoms with Gasteiger partial charge in [0.15, 0.2) is 0 Å². The number of nitrogens with zero attached hydrogens (tertiary/aromatic N) is 2. The number of pyridine rings is 1. The molecule has 6 nitrogen and oxygen atoms in total. The van der Waals surface area contributed by atoms with E-state index in [9.17, 15) is 22.8 Å². The van der Waals surface area contributed by atoms with E-state index < -0.39 is 24.2 Å². The summed E-state index contributed by atoms with van der Waals surface area (Å²) in [5.74, 6) is -0.644. The molecular weight excluding hydrogens is 339 g/mol. The molecule has 0 aliphatic carbocycles. The largest absolute Gasteiger partial charge is 0.481 e. The predicted octanol–water partition coefficient (Wildman–Crippen LogP) is 1.69. The van der Waals surface area contributed by atoms with E-state index in [4.69, 9.17) is 4.74 Å². The van der Waals surface area contributed by atoms with E-state index in [1.165, 1.54) is 7.11 Å². The molecule has 2 atom stereocenters. The zero-order valence-corrected chi connectivity index (χ0v) is 14.0. The van der Waals surface area contributed by atoms with Gasteiger partial charge in [-0.25, -0.2) is 4.98 Å². The maximum atomic E-state index is 13.0. The fourth-order valence-electron chi connectivity index (χ4n) is 2.89. The highest BCUT2D eigenvalue weighted by molar-refractivity contribution is 5.79. The third-order valence-electron chi connectivity index (χ3n) is 4.06. The van der Waals surface area contributed by atoms with Gasteiger partial charge in [-0.3, -0.25) is 9.59 Å². The number of amides is 2. The standard InChI is InChI=1S/C16H20F3N3O3/c1-10(23)22-9-12(6-7-13(22)16(17,18)19)20-14(24)8-11-4-3-5-15(21-11)25-2/h3-5,12-13H,6-9H2,1-2H3,(H,20,24). The first-order valence-electron chi connectivity index (χ1n) is 7.84. The van der Waals surface area contributed by atoms with Crippen LogP contribution in [0.5, 0.6) is 5.88 Å². The number of carbonyl (C=O) groups is 2. The molecule has 1 aliphatic heterocycles. The molecule has 1 N–H and O–H groups in total. The number of likely N-dealkylation sites (tertiary alicyclic amines) is 1. The van der Waals surface area contributed by atoms with Gasteiger partial charge in [-0.2, -0.15) is 13.2 Å². The SMILES string of the molecule is COc1cccc(CC(=O)NC2CCC(C(F)(F)F)N(C(C)=O)C2)n1. The third-order valence-corrected chi connectivity index (χ3v) is 4.06. The van der Waals surface area contributed by atoms with Crippen molar-refractivity contribution in [2.24, 2.45) is 0 Å². The molecule has 2 amide bonds. The number of nitrogens with one attached hydrogen (secondary N) is 1. The highest BCUT2D eigenvalue weighted by Gasteiger charge is 2.47. The molecule has 1 fully saturated rings. The first-order chi connectivity index (χ1) is 11.7. The monoisotopic (exact) mass is 359 g/mol. The summed E-state index contributed by atoms with van der Waals surface area (Å²) >= 11 is 0. The van der Waals surface area contributed by atoms with Gasteiger partial charge < -0.3 is 15.0 Å². The highest BCUT2D eigenvalue weighted by atomic mass is 19.4. The van der Waals surface area contributed by atoms with E-state index in [-0.39, 0.29) is 31.7 Å². The minimum atomic E-state index is -4.47. The van der Waals surface area contributed by atoms with Gasteiger partial charge in [0.1, 0.15) is 6.04 Å². The van der Waals surface area contributed by atoms with Crippen molar-refractivity contribution < 1.29 is 27.5 Å². The molecule has 1 aromatic rings. The van der Waals surface area contributed by atoms with Crippen LogP contribution in [0.1, 0.15) is 25.5 Å². The van der Waals surface area contributed by atoms with E-state index in [0.29, 0.717) is 11.6 Å². The van der Waals surface area contributed by atoms with E-state index >= 15 is 0 Å². The molecule has 1 aromatic heterocycles. The van der Waals surface area contributed by atoms with Crippen LogP contribution in [0.4, 0.5) is 13.2 Å². The van der Waals surface area contributed by atoms with E-state index in [1.54, 1.807) is 18.2 Å². The molecule has 0 spiro atoms. The lowest BCUT2D eigenvalue weighted by Crippen LogP contribution is -2.57. The fourth-order valence-corrected chi connectivity index (χ4v) is 2.89. The molecular formula is C16H20F3N3O3. The number of carbonyl (C=O) groups excluding carboxylic acids is 2. The normalized spacial score (nSPS) is 20.9. The summed E-state index contributed by atoms with van der Waals surface area (Å²) in [5.41, 5.74) is 0.490. The molecule has 2 heterocycles. The van der Waals surface area contributed by atoms with Crippen molar-refractivity contribution in [2.45, 2.75) is 44.4 Å². The number of methoxy groups -OCH3 is 1. The Balaban J connectivity index is 1.96. The topological polar surface area (TPSA) is 71.5 Å². The van der Waals surface area contributed by atoms with Gasteiger partial charge in [0.05, 0.1) is 19.2 Å². The van der Waals surface area contributed by atoms with Crippen LogP contribution in [0, 0.1) is 0 Å². The zero-order valence-electron chi connectivity index (χ0n) is 14.0. The van der Waals surface area contributed by atoms with Crippen molar-refractivity contribution in [3.8, 4) is 5.88 Å².